The maximum Gasteiger partial charge on any atom is 0.182 e. The van der Waals surface area contributed by atoms with Crippen LogP contribution in [0.4, 0.5) is 0 Å². The van der Waals surface area contributed by atoms with Gasteiger partial charge in [0.15, 0.2) is 5.78 Å². The Morgan fingerprint density at radius 3 is 2.53 bits per heavy atom. The lowest BCUT2D eigenvalue weighted by Gasteiger charge is -2.13. The van der Waals surface area contributed by atoms with Gasteiger partial charge in [0.1, 0.15) is 5.69 Å². The van der Waals surface area contributed by atoms with Crippen molar-refractivity contribution in [1.29, 1.82) is 0 Å². The Morgan fingerprint density at radius 2 is 2.13 bits per heavy atom. The molecular weight excluding hydrogens is 190 g/mol. The molecule has 0 aliphatic heterocycles. The zero-order valence-electron chi connectivity index (χ0n) is 9.87. The van der Waals surface area contributed by atoms with Gasteiger partial charge in [-0.05, 0) is 12.6 Å². The lowest BCUT2D eigenvalue weighted by Crippen LogP contribution is -2.12. The van der Waals surface area contributed by atoms with Gasteiger partial charge in [-0.2, -0.15) is 5.10 Å². The van der Waals surface area contributed by atoms with E-state index in [-0.39, 0.29) is 11.2 Å². The quantitative estimate of drug-likeness (QED) is 0.762. The molecule has 2 N–H and O–H groups in total. The Hall–Kier alpha value is -1.16. The molecule has 0 unspecified atom stereocenters. The summed E-state index contributed by atoms with van der Waals surface area (Å²) >= 11 is 0. The fourth-order valence-corrected chi connectivity index (χ4v) is 1.35. The number of aromatic nitrogens is 2. The van der Waals surface area contributed by atoms with E-state index in [1.165, 1.54) is 0 Å². The molecule has 0 amide bonds. The molecule has 4 heteroatoms. The number of carbonyl (C=O) groups is 1. The van der Waals surface area contributed by atoms with Crippen molar-refractivity contribution < 1.29 is 4.79 Å². The maximum absolute atomic E-state index is 11.7. The van der Waals surface area contributed by atoms with E-state index >= 15 is 0 Å². The number of nitrogens with zero attached hydrogens (tertiary/aromatic N) is 2. The van der Waals surface area contributed by atoms with Gasteiger partial charge in [0.2, 0.25) is 0 Å². The van der Waals surface area contributed by atoms with Crippen LogP contribution in [0.5, 0.6) is 0 Å². The third kappa shape index (κ3) is 2.65. The van der Waals surface area contributed by atoms with Gasteiger partial charge < -0.3 is 5.73 Å². The van der Waals surface area contributed by atoms with Crippen LogP contribution in [-0.2, 0) is 12.5 Å². The van der Waals surface area contributed by atoms with Gasteiger partial charge in [-0.25, -0.2) is 0 Å². The standard InChI is InChI=1S/C11H19N3O/c1-11(2,3)10-7-8(14(4)13-10)9(15)5-6-12/h7H,5-6,12H2,1-4H3. The average Bonchev–Trinajstić information content (AvgIpc) is 2.47. The zero-order chi connectivity index (χ0) is 11.6. The maximum atomic E-state index is 11.7. The average molecular weight is 209 g/mol. The van der Waals surface area contributed by atoms with Gasteiger partial charge in [0.05, 0.1) is 5.69 Å². The summed E-state index contributed by atoms with van der Waals surface area (Å²) in [5, 5.41) is 4.34. The van der Waals surface area contributed by atoms with Crippen molar-refractivity contribution in [1.82, 2.24) is 9.78 Å². The number of ketones is 1. The Kier molecular flexibility index (Phi) is 3.29. The van der Waals surface area contributed by atoms with E-state index in [1.54, 1.807) is 11.7 Å². The first kappa shape index (κ1) is 11.9. The van der Waals surface area contributed by atoms with Crippen LogP contribution < -0.4 is 5.73 Å². The number of carbonyl (C=O) groups excluding carboxylic acids is 1. The molecule has 1 rings (SSSR count). The molecule has 0 fully saturated rings. The number of rotatable bonds is 3. The molecule has 0 saturated heterocycles. The molecule has 0 saturated carbocycles. The summed E-state index contributed by atoms with van der Waals surface area (Å²) in [5.41, 5.74) is 6.91. The lowest BCUT2D eigenvalue weighted by atomic mass is 9.92. The van der Waals surface area contributed by atoms with Crippen molar-refractivity contribution in [3.63, 3.8) is 0 Å². The van der Waals surface area contributed by atoms with Crippen LogP contribution in [-0.4, -0.2) is 22.1 Å². The highest BCUT2D eigenvalue weighted by atomic mass is 16.1. The molecule has 4 nitrogen and oxygen atoms in total. The molecule has 0 radical (unpaired) electrons. The summed E-state index contributed by atoms with van der Waals surface area (Å²) in [6.45, 7) is 6.61. The lowest BCUT2D eigenvalue weighted by molar-refractivity contribution is 0.0976. The molecule has 0 atom stereocenters. The molecule has 0 bridgehead atoms. The topological polar surface area (TPSA) is 60.9 Å². The number of nitrogens with two attached hydrogens (primary N) is 1. The summed E-state index contributed by atoms with van der Waals surface area (Å²) in [4.78, 5) is 11.7. The Balaban J connectivity index is 3.02. The smallest absolute Gasteiger partial charge is 0.182 e. The van der Waals surface area contributed by atoms with Gasteiger partial charge in [0.25, 0.3) is 0 Å². The highest BCUT2D eigenvalue weighted by molar-refractivity contribution is 5.94. The minimum Gasteiger partial charge on any atom is -0.330 e. The monoisotopic (exact) mass is 209 g/mol. The Morgan fingerprint density at radius 1 is 1.53 bits per heavy atom. The largest absolute Gasteiger partial charge is 0.330 e. The first-order chi connectivity index (χ1) is 6.86. The molecule has 1 aromatic rings. The number of Topliss-reactive ketones (excluding diaryl/α,β-unsaturated/α-hetero) is 1. The summed E-state index contributed by atoms with van der Waals surface area (Å²) in [6, 6.07) is 1.86. The fraction of sp³-hybridized carbons (Fsp3) is 0.636. The second-order valence-electron chi connectivity index (χ2n) is 4.75. The molecule has 84 valence electrons. The Labute approximate surface area is 90.5 Å². The zero-order valence-corrected chi connectivity index (χ0v) is 9.87. The normalized spacial score (nSPS) is 11.8. The minimum absolute atomic E-state index is 0.0288. The van der Waals surface area contributed by atoms with Gasteiger partial charge in [-0.15, -0.1) is 0 Å². The number of aryl methyl sites for hydroxylation is 1. The molecule has 0 aliphatic rings. The summed E-state index contributed by atoms with van der Waals surface area (Å²) in [7, 11) is 1.79. The van der Waals surface area contributed by atoms with E-state index in [2.05, 4.69) is 25.9 Å². The van der Waals surface area contributed by atoms with Crippen LogP contribution >= 0.6 is 0 Å². The molecule has 15 heavy (non-hydrogen) atoms. The third-order valence-corrected chi connectivity index (χ3v) is 2.31. The van der Waals surface area contributed by atoms with Crippen LogP contribution in [0.25, 0.3) is 0 Å². The second kappa shape index (κ2) is 4.14. The molecule has 1 aromatic heterocycles. The predicted molar refractivity (Wildman–Crippen MR) is 59.9 cm³/mol. The van der Waals surface area contributed by atoms with Gasteiger partial charge in [-0.3, -0.25) is 9.48 Å². The van der Waals surface area contributed by atoms with E-state index in [0.717, 1.165) is 5.69 Å². The number of hydrogen-bond donors (Lipinski definition) is 1. The third-order valence-electron chi connectivity index (χ3n) is 2.31. The SMILES string of the molecule is Cn1nc(C(C)(C)C)cc1C(=O)CCN. The van der Waals surface area contributed by atoms with Crippen LogP contribution in [0.2, 0.25) is 0 Å². The van der Waals surface area contributed by atoms with E-state index < -0.39 is 0 Å². The molecule has 0 spiro atoms. The van der Waals surface area contributed by atoms with E-state index in [1.807, 2.05) is 6.07 Å². The summed E-state index contributed by atoms with van der Waals surface area (Å²) in [6.07, 6.45) is 0.378. The van der Waals surface area contributed by atoms with E-state index in [9.17, 15) is 4.79 Å². The van der Waals surface area contributed by atoms with Gasteiger partial charge >= 0.3 is 0 Å². The first-order valence-electron chi connectivity index (χ1n) is 5.14. The fourth-order valence-electron chi connectivity index (χ4n) is 1.35. The number of hydrogen-bond acceptors (Lipinski definition) is 3. The van der Waals surface area contributed by atoms with Crippen LogP contribution in [0.15, 0.2) is 6.07 Å². The highest BCUT2D eigenvalue weighted by Gasteiger charge is 2.21. The van der Waals surface area contributed by atoms with Crippen LogP contribution in [0, 0.1) is 0 Å². The molecule has 1 heterocycles. The predicted octanol–water partition coefficient (Wildman–Crippen LogP) is 1.25. The van der Waals surface area contributed by atoms with Crippen LogP contribution in [0.1, 0.15) is 43.4 Å². The van der Waals surface area contributed by atoms with Crippen molar-refractivity contribution >= 4 is 5.78 Å². The van der Waals surface area contributed by atoms with Crippen molar-refractivity contribution in [3.8, 4) is 0 Å². The highest BCUT2D eigenvalue weighted by Crippen LogP contribution is 2.21. The first-order valence-corrected chi connectivity index (χ1v) is 5.14. The minimum atomic E-state index is -0.0288. The Bertz CT molecular complexity index is 360. The van der Waals surface area contributed by atoms with Crippen molar-refractivity contribution in [2.45, 2.75) is 32.6 Å². The van der Waals surface area contributed by atoms with E-state index in [0.29, 0.717) is 18.7 Å². The van der Waals surface area contributed by atoms with Crippen LogP contribution in [0.3, 0.4) is 0 Å². The molecule has 0 aliphatic carbocycles. The summed E-state index contributed by atoms with van der Waals surface area (Å²) in [5.74, 6) is 0.0583. The van der Waals surface area contributed by atoms with Crippen molar-refractivity contribution in [3.05, 3.63) is 17.5 Å². The van der Waals surface area contributed by atoms with E-state index in [4.69, 9.17) is 5.73 Å². The second-order valence-corrected chi connectivity index (χ2v) is 4.75. The van der Waals surface area contributed by atoms with Crippen molar-refractivity contribution in [2.75, 3.05) is 6.54 Å². The molecule has 0 aromatic carbocycles. The van der Waals surface area contributed by atoms with Gasteiger partial charge in [0, 0.05) is 18.9 Å². The van der Waals surface area contributed by atoms with Crippen molar-refractivity contribution in [2.24, 2.45) is 12.8 Å². The summed E-state index contributed by atoms with van der Waals surface area (Å²) < 4.78 is 1.64. The van der Waals surface area contributed by atoms with Gasteiger partial charge in [-0.1, -0.05) is 20.8 Å². The molecular formula is C11H19N3O.